The minimum Gasteiger partial charge on any atom is -0.464 e. The molecule has 0 bridgehead atoms. The fraction of sp³-hybridized carbons (Fsp3) is 0.733. The van der Waals surface area contributed by atoms with Gasteiger partial charge in [-0.05, 0) is 18.8 Å². The molecule has 0 amide bonds. The molecule has 0 N–H and O–H groups in total. The molecule has 0 aromatic carbocycles. The van der Waals surface area contributed by atoms with E-state index in [1.807, 2.05) is 26.0 Å². The second-order valence-corrected chi connectivity index (χ2v) is 4.79. The average molecular weight is 294 g/mol. The average Bonchev–Trinajstić information content (AvgIpc) is 2.47. The van der Waals surface area contributed by atoms with Gasteiger partial charge in [0.2, 0.25) is 0 Å². The highest BCUT2D eigenvalue weighted by Crippen LogP contribution is 2.18. The maximum absolute atomic E-state index is 11.9. The first-order valence-corrected chi connectivity index (χ1v) is 7.13. The van der Waals surface area contributed by atoms with E-state index >= 15 is 0 Å². The van der Waals surface area contributed by atoms with Crippen molar-refractivity contribution in [3.63, 3.8) is 0 Å². The summed E-state index contributed by atoms with van der Waals surface area (Å²) in [6, 6.07) is 3.73. The normalized spacial score (nSPS) is 11.3. The van der Waals surface area contributed by atoms with Gasteiger partial charge in [0.1, 0.15) is 13.2 Å². The van der Waals surface area contributed by atoms with Gasteiger partial charge in [-0.3, -0.25) is 9.59 Å². The van der Waals surface area contributed by atoms with E-state index in [9.17, 15) is 9.59 Å². The number of carbonyl (C=O) groups excluding carboxylic acids is 2. The molecule has 1 atom stereocenters. The number of hydrogen-bond donors (Lipinski definition) is 0. The molecule has 6 nitrogen and oxygen atoms in total. The molecular formula is C15H22N2O4. The molecule has 0 fully saturated rings. The Morgan fingerprint density at radius 1 is 1.00 bits per heavy atom. The first-order valence-electron chi connectivity index (χ1n) is 7.13. The number of hydrogen-bond acceptors (Lipinski definition) is 6. The highest BCUT2D eigenvalue weighted by Gasteiger charge is 2.29. The van der Waals surface area contributed by atoms with Gasteiger partial charge in [-0.15, -0.1) is 0 Å². The standard InChI is InChI=1S/C15H22N2O4/c1-3-12(2)6-7-13(14(18)20-10-4-8-16)15(19)21-11-5-9-17/h12-13H,3-7,10-11H2,1-2H3. The predicted octanol–water partition coefficient (Wildman–Crippen LogP) is 2.34. The van der Waals surface area contributed by atoms with Gasteiger partial charge < -0.3 is 9.47 Å². The Morgan fingerprint density at radius 3 is 1.86 bits per heavy atom. The largest absolute Gasteiger partial charge is 0.464 e. The zero-order valence-corrected chi connectivity index (χ0v) is 12.6. The third-order valence-corrected chi connectivity index (χ3v) is 3.13. The van der Waals surface area contributed by atoms with Crippen LogP contribution in [-0.2, 0) is 19.1 Å². The van der Waals surface area contributed by atoms with Gasteiger partial charge in [0.05, 0.1) is 25.0 Å². The number of nitrogens with zero attached hydrogens (tertiary/aromatic N) is 2. The van der Waals surface area contributed by atoms with E-state index in [2.05, 4.69) is 0 Å². The van der Waals surface area contributed by atoms with Crippen LogP contribution in [0.4, 0.5) is 0 Å². The van der Waals surface area contributed by atoms with Gasteiger partial charge in [0.15, 0.2) is 5.92 Å². The fourth-order valence-corrected chi connectivity index (χ4v) is 1.58. The summed E-state index contributed by atoms with van der Waals surface area (Å²) in [7, 11) is 0. The van der Waals surface area contributed by atoms with Gasteiger partial charge in [-0.2, -0.15) is 10.5 Å². The molecule has 6 heteroatoms. The van der Waals surface area contributed by atoms with Gasteiger partial charge in [0, 0.05) is 0 Å². The Hall–Kier alpha value is -2.08. The summed E-state index contributed by atoms with van der Waals surface area (Å²) < 4.78 is 9.82. The molecule has 0 rings (SSSR count). The number of esters is 2. The SMILES string of the molecule is CCC(C)CCC(C(=O)OCCC#N)C(=O)OCCC#N. The highest BCUT2D eigenvalue weighted by molar-refractivity contribution is 5.94. The fourth-order valence-electron chi connectivity index (χ4n) is 1.58. The van der Waals surface area contributed by atoms with Crippen LogP contribution in [0.25, 0.3) is 0 Å². The first-order chi connectivity index (χ1) is 10.1. The number of ether oxygens (including phenoxy) is 2. The summed E-state index contributed by atoms with van der Waals surface area (Å²) in [6.07, 6.45) is 2.20. The lowest BCUT2D eigenvalue weighted by atomic mass is 9.95. The monoisotopic (exact) mass is 294 g/mol. The van der Waals surface area contributed by atoms with E-state index < -0.39 is 17.9 Å². The molecule has 0 aliphatic carbocycles. The van der Waals surface area contributed by atoms with Gasteiger partial charge in [0.25, 0.3) is 0 Å². The molecule has 0 aromatic heterocycles. The van der Waals surface area contributed by atoms with Crippen LogP contribution in [0.5, 0.6) is 0 Å². The first kappa shape index (κ1) is 18.9. The molecule has 0 saturated carbocycles. The molecule has 0 aromatic rings. The van der Waals surface area contributed by atoms with Gasteiger partial charge >= 0.3 is 11.9 Å². The minimum atomic E-state index is -0.976. The summed E-state index contributed by atoms with van der Waals surface area (Å²) in [5.41, 5.74) is 0. The van der Waals surface area contributed by atoms with Crippen molar-refractivity contribution in [1.29, 1.82) is 10.5 Å². The predicted molar refractivity (Wildman–Crippen MR) is 74.6 cm³/mol. The lowest BCUT2D eigenvalue weighted by molar-refractivity contribution is -0.162. The van der Waals surface area contributed by atoms with Crippen LogP contribution in [-0.4, -0.2) is 25.2 Å². The highest BCUT2D eigenvalue weighted by atomic mass is 16.6. The van der Waals surface area contributed by atoms with E-state index in [0.717, 1.165) is 6.42 Å². The Labute approximate surface area is 125 Å². The Morgan fingerprint density at radius 2 is 1.48 bits per heavy atom. The van der Waals surface area contributed by atoms with Crippen molar-refractivity contribution in [3.05, 3.63) is 0 Å². The molecule has 0 heterocycles. The van der Waals surface area contributed by atoms with Crippen LogP contribution < -0.4 is 0 Å². The summed E-state index contributed by atoms with van der Waals surface area (Å²) >= 11 is 0. The number of rotatable bonds is 10. The third kappa shape index (κ3) is 8.65. The Balaban J connectivity index is 4.52. The number of carbonyl (C=O) groups is 2. The van der Waals surface area contributed by atoms with E-state index in [1.54, 1.807) is 0 Å². The lowest BCUT2D eigenvalue weighted by Crippen LogP contribution is -2.29. The molecular weight excluding hydrogens is 272 g/mol. The maximum atomic E-state index is 11.9. The second-order valence-electron chi connectivity index (χ2n) is 4.79. The quantitative estimate of drug-likeness (QED) is 0.348. The molecule has 0 aliphatic rings. The van der Waals surface area contributed by atoms with Crippen molar-refractivity contribution < 1.29 is 19.1 Å². The number of nitriles is 2. The second kappa shape index (κ2) is 11.7. The molecule has 0 saturated heterocycles. The molecule has 1 unspecified atom stereocenters. The zero-order chi connectivity index (χ0) is 16.1. The smallest absolute Gasteiger partial charge is 0.320 e. The molecule has 0 spiro atoms. The summed E-state index contributed by atoms with van der Waals surface area (Å²) in [5.74, 6) is -1.89. The van der Waals surface area contributed by atoms with Gasteiger partial charge in [-0.25, -0.2) is 0 Å². The van der Waals surface area contributed by atoms with Crippen molar-refractivity contribution >= 4 is 11.9 Å². The minimum absolute atomic E-state index is 0.0271. The van der Waals surface area contributed by atoms with Crippen LogP contribution in [0.1, 0.15) is 46.0 Å². The van der Waals surface area contributed by atoms with E-state index in [0.29, 0.717) is 18.8 Å². The van der Waals surface area contributed by atoms with Crippen LogP contribution in [0.3, 0.4) is 0 Å². The van der Waals surface area contributed by atoms with Crippen LogP contribution >= 0.6 is 0 Å². The Kier molecular flexibility index (Phi) is 10.6. The third-order valence-electron chi connectivity index (χ3n) is 3.13. The Bertz CT molecular complexity index is 377. The van der Waals surface area contributed by atoms with Gasteiger partial charge in [-0.1, -0.05) is 20.3 Å². The van der Waals surface area contributed by atoms with E-state index in [1.165, 1.54) is 0 Å². The summed E-state index contributed by atoms with van der Waals surface area (Å²) in [6.45, 7) is 4.02. The zero-order valence-electron chi connectivity index (χ0n) is 12.6. The summed E-state index contributed by atoms with van der Waals surface area (Å²) in [5, 5.41) is 16.8. The van der Waals surface area contributed by atoms with Crippen LogP contribution in [0.2, 0.25) is 0 Å². The van der Waals surface area contributed by atoms with E-state index in [4.69, 9.17) is 20.0 Å². The molecule has 21 heavy (non-hydrogen) atoms. The molecule has 116 valence electrons. The molecule has 0 radical (unpaired) electrons. The summed E-state index contributed by atoms with van der Waals surface area (Å²) in [4.78, 5) is 23.8. The van der Waals surface area contributed by atoms with E-state index in [-0.39, 0.29) is 26.1 Å². The maximum Gasteiger partial charge on any atom is 0.320 e. The van der Waals surface area contributed by atoms with Crippen molar-refractivity contribution in [2.75, 3.05) is 13.2 Å². The van der Waals surface area contributed by atoms with Crippen molar-refractivity contribution in [2.45, 2.75) is 46.0 Å². The topological polar surface area (TPSA) is 100 Å². The van der Waals surface area contributed by atoms with Crippen LogP contribution in [0, 0.1) is 34.5 Å². The van der Waals surface area contributed by atoms with Crippen molar-refractivity contribution in [3.8, 4) is 12.1 Å². The van der Waals surface area contributed by atoms with Crippen molar-refractivity contribution in [2.24, 2.45) is 11.8 Å². The van der Waals surface area contributed by atoms with Crippen molar-refractivity contribution in [1.82, 2.24) is 0 Å². The molecule has 0 aliphatic heterocycles. The lowest BCUT2D eigenvalue weighted by Gasteiger charge is -2.16. The van der Waals surface area contributed by atoms with Crippen LogP contribution in [0.15, 0.2) is 0 Å².